The molecular weight excluding hydrogens is 450 g/mol. The lowest BCUT2D eigenvalue weighted by Crippen LogP contribution is -2.24. The van der Waals surface area contributed by atoms with Crippen LogP contribution in [0.1, 0.15) is 24.6 Å². The van der Waals surface area contributed by atoms with Crippen LogP contribution in [0.3, 0.4) is 0 Å². The van der Waals surface area contributed by atoms with E-state index in [1.54, 1.807) is 23.0 Å². The van der Waals surface area contributed by atoms with Crippen LogP contribution in [0.5, 0.6) is 0 Å². The summed E-state index contributed by atoms with van der Waals surface area (Å²) >= 11 is 6.37. The fourth-order valence-corrected chi connectivity index (χ4v) is 4.27. The molecular formula is C25H22ClN7O. The molecule has 0 atom stereocenters. The van der Waals surface area contributed by atoms with Crippen molar-refractivity contribution in [1.29, 1.82) is 0 Å². The van der Waals surface area contributed by atoms with Crippen molar-refractivity contribution in [3.8, 4) is 28.2 Å². The first-order chi connectivity index (χ1) is 16.7. The van der Waals surface area contributed by atoms with Crippen molar-refractivity contribution in [3.63, 3.8) is 0 Å². The molecule has 34 heavy (non-hydrogen) atoms. The summed E-state index contributed by atoms with van der Waals surface area (Å²) < 4.78 is 3.45. The summed E-state index contributed by atoms with van der Waals surface area (Å²) in [5.74, 6) is 0.582. The summed E-state index contributed by atoms with van der Waals surface area (Å²) in [7, 11) is 0. The predicted molar refractivity (Wildman–Crippen MR) is 131 cm³/mol. The van der Waals surface area contributed by atoms with E-state index in [4.69, 9.17) is 11.6 Å². The average Bonchev–Trinajstić information content (AvgIpc) is 3.50. The quantitative estimate of drug-likeness (QED) is 0.376. The van der Waals surface area contributed by atoms with Crippen molar-refractivity contribution < 1.29 is 0 Å². The number of H-pyrrole nitrogens is 1. The first-order valence-corrected chi connectivity index (χ1v) is 11.4. The Hall–Kier alpha value is -4.04. The van der Waals surface area contributed by atoms with Crippen molar-refractivity contribution >= 4 is 11.6 Å². The number of imidazole rings is 1. The van der Waals surface area contributed by atoms with E-state index < -0.39 is 0 Å². The Morgan fingerprint density at radius 1 is 1.03 bits per heavy atom. The van der Waals surface area contributed by atoms with Gasteiger partial charge in [-0.05, 0) is 46.2 Å². The highest BCUT2D eigenvalue weighted by Crippen LogP contribution is 2.29. The van der Waals surface area contributed by atoms with Crippen LogP contribution in [0.25, 0.3) is 28.2 Å². The lowest BCUT2D eigenvalue weighted by atomic mass is 10.0. The van der Waals surface area contributed by atoms with Gasteiger partial charge in [0.15, 0.2) is 5.82 Å². The molecule has 0 saturated heterocycles. The third kappa shape index (κ3) is 4.15. The van der Waals surface area contributed by atoms with Crippen LogP contribution in [0.2, 0.25) is 5.02 Å². The molecule has 5 rings (SSSR count). The second kappa shape index (κ2) is 9.44. The molecule has 9 heteroatoms. The summed E-state index contributed by atoms with van der Waals surface area (Å²) in [5, 5.41) is 14.7. The van der Waals surface area contributed by atoms with Crippen LogP contribution < -0.4 is 5.69 Å². The average molecular weight is 472 g/mol. The number of aromatic nitrogens is 7. The van der Waals surface area contributed by atoms with Gasteiger partial charge < -0.3 is 0 Å². The van der Waals surface area contributed by atoms with Gasteiger partial charge >= 0.3 is 5.69 Å². The lowest BCUT2D eigenvalue weighted by Gasteiger charge is -2.10. The van der Waals surface area contributed by atoms with Gasteiger partial charge in [-0.1, -0.05) is 61.3 Å². The molecule has 5 aromatic rings. The van der Waals surface area contributed by atoms with Crippen LogP contribution in [0.4, 0.5) is 0 Å². The highest BCUT2D eigenvalue weighted by atomic mass is 35.5. The third-order valence-corrected chi connectivity index (χ3v) is 6.03. The molecule has 0 aliphatic rings. The minimum absolute atomic E-state index is 0.104. The number of rotatable bonds is 7. The first-order valence-electron chi connectivity index (χ1n) is 11.0. The molecule has 0 radical (unpaired) electrons. The monoisotopic (exact) mass is 471 g/mol. The molecule has 2 aromatic carbocycles. The fourth-order valence-electron chi connectivity index (χ4n) is 4.05. The molecule has 0 aliphatic heterocycles. The zero-order valence-corrected chi connectivity index (χ0v) is 19.3. The summed E-state index contributed by atoms with van der Waals surface area (Å²) in [6.07, 6.45) is 7.14. The van der Waals surface area contributed by atoms with E-state index in [1.807, 2.05) is 59.3 Å². The topological polar surface area (TPSA) is 94.3 Å². The summed E-state index contributed by atoms with van der Waals surface area (Å²) in [6, 6.07) is 17.4. The smallest absolute Gasteiger partial charge is 0.292 e. The van der Waals surface area contributed by atoms with Gasteiger partial charge in [-0.3, -0.25) is 14.1 Å². The van der Waals surface area contributed by atoms with Crippen LogP contribution in [0, 0.1) is 0 Å². The molecule has 0 saturated carbocycles. The number of tetrazole rings is 1. The molecule has 3 aromatic heterocycles. The number of hydrogen-bond donors (Lipinski definition) is 1. The third-order valence-electron chi connectivity index (χ3n) is 5.71. The molecule has 0 spiro atoms. The number of aryl methyl sites for hydroxylation is 1. The van der Waals surface area contributed by atoms with Gasteiger partial charge in [-0.2, -0.15) is 0 Å². The Morgan fingerprint density at radius 2 is 1.85 bits per heavy atom. The summed E-state index contributed by atoms with van der Waals surface area (Å²) in [6.45, 7) is 2.57. The molecule has 0 unspecified atom stereocenters. The molecule has 8 nitrogen and oxygen atoms in total. The number of pyridine rings is 1. The molecule has 3 heterocycles. The van der Waals surface area contributed by atoms with Gasteiger partial charge in [-0.15, -0.1) is 5.10 Å². The Balaban J connectivity index is 1.48. The van der Waals surface area contributed by atoms with E-state index in [0.717, 1.165) is 40.8 Å². The summed E-state index contributed by atoms with van der Waals surface area (Å²) in [4.78, 5) is 17.6. The zero-order chi connectivity index (χ0) is 23.5. The Labute approximate surface area is 200 Å². The second-order valence-corrected chi connectivity index (χ2v) is 8.34. The van der Waals surface area contributed by atoms with Crippen molar-refractivity contribution in [2.24, 2.45) is 0 Å². The zero-order valence-electron chi connectivity index (χ0n) is 18.5. The molecule has 0 fully saturated rings. The van der Waals surface area contributed by atoms with Crippen molar-refractivity contribution in [2.45, 2.75) is 26.3 Å². The highest BCUT2D eigenvalue weighted by Gasteiger charge is 2.15. The van der Waals surface area contributed by atoms with Gasteiger partial charge in [0.25, 0.3) is 0 Å². The van der Waals surface area contributed by atoms with Crippen LogP contribution in [-0.2, 0) is 13.0 Å². The number of benzene rings is 2. The van der Waals surface area contributed by atoms with Gasteiger partial charge in [0.1, 0.15) is 0 Å². The maximum atomic E-state index is 13.3. The van der Waals surface area contributed by atoms with E-state index >= 15 is 0 Å². The molecule has 0 aliphatic carbocycles. The Kier molecular flexibility index (Phi) is 6.05. The number of nitrogens with zero attached hydrogens (tertiary/aromatic N) is 6. The van der Waals surface area contributed by atoms with Crippen molar-refractivity contribution in [3.05, 3.63) is 100.0 Å². The van der Waals surface area contributed by atoms with Crippen LogP contribution in [0.15, 0.2) is 78.0 Å². The van der Waals surface area contributed by atoms with E-state index in [-0.39, 0.29) is 5.69 Å². The van der Waals surface area contributed by atoms with E-state index in [0.29, 0.717) is 23.1 Å². The number of para-hydroxylation sites is 1. The molecule has 1 N–H and O–H groups in total. The number of aromatic amines is 1. The summed E-state index contributed by atoms with van der Waals surface area (Å²) in [5.41, 5.74) is 5.35. The van der Waals surface area contributed by atoms with Crippen LogP contribution >= 0.6 is 11.6 Å². The molecule has 0 bridgehead atoms. The molecule has 170 valence electrons. The van der Waals surface area contributed by atoms with Gasteiger partial charge in [-0.25, -0.2) is 9.89 Å². The minimum Gasteiger partial charge on any atom is -0.292 e. The fraction of sp³-hybridized carbons (Fsp3) is 0.160. The molecule has 0 amide bonds. The van der Waals surface area contributed by atoms with Crippen molar-refractivity contribution in [1.82, 2.24) is 34.7 Å². The van der Waals surface area contributed by atoms with E-state index in [1.165, 1.54) is 0 Å². The number of nitrogens with one attached hydrogen (secondary N) is 1. The SMILES string of the molecule is CCCc1cn(-c2ccccc2Cl)c(=O)n1Cc1ccc(-c2cnccc2-c2nnn[nH]2)cc1. The normalized spacial score (nSPS) is 11.1. The van der Waals surface area contributed by atoms with Gasteiger partial charge in [0, 0.05) is 35.4 Å². The van der Waals surface area contributed by atoms with E-state index in [9.17, 15) is 4.79 Å². The first kappa shape index (κ1) is 21.8. The minimum atomic E-state index is -0.104. The highest BCUT2D eigenvalue weighted by molar-refractivity contribution is 6.32. The lowest BCUT2D eigenvalue weighted by molar-refractivity contribution is 0.691. The Bertz CT molecular complexity index is 1470. The largest absolute Gasteiger partial charge is 0.333 e. The second-order valence-electron chi connectivity index (χ2n) is 7.93. The number of hydrogen-bond acceptors (Lipinski definition) is 5. The predicted octanol–water partition coefficient (Wildman–Crippen LogP) is 4.54. The maximum absolute atomic E-state index is 13.3. The van der Waals surface area contributed by atoms with Gasteiger partial charge in [0.2, 0.25) is 0 Å². The van der Waals surface area contributed by atoms with Gasteiger partial charge in [0.05, 0.1) is 17.3 Å². The van der Waals surface area contributed by atoms with Crippen molar-refractivity contribution in [2.75, 3.05) is 0 Å². The number of halogens is 1. The van der Waals surface area contributed by atoms with Crippen LogP contribution in [-0.4, -0.2) is 34.7 Å². The van der Waals surface area contributed by atoms with E-state index in [2.05, 4.69) is 32.5 Å². The maximum Gasteiger partial charge on any atom is 0.333 e. The Morgan fingerprint density at radius 3 is 2.59 bits per heavy atom. The standard InChI is InChI=1S/C25H22ClN7O/c1-2-5-19-16-33(23-7-4-3-6-22(23)26)25(34)32(19)15-17-8-10-18(11-9-17)21-14-27-13-12-20(21)24-28-30-31-29-24/h3-4,6-14,16H,2,5,15H2,1H3,(H,28,29,30,31).